The van der Waals surface area contributed by atoms with Gasteiger partial charge in [-0.25, -0.2) is 4.79 Å². The number of carbonyl (C=O) groups is 2. The number of carboxylic acid groups (broad SMARTS) is 1. The second-order valence-corrected chi connectivity index (χ2v) is 7.97. The van der Waals surface area contributed by atoms with Crippen molar-refractivity contribution in [1.29, 1.82) is 0 Å². The van der Waals surface area contributed by atoms with Crippen molar-refractivity contribution in [3.05, 3.63) is 0 Å². The van der Waals surface area contributed by atoms with E-state index in [2.05, 4.69) is 4.90 Å². The molecule has 8 nitrogen and oxygen atoms in total. The number of fused-ring (bicyclic) bond motifs is 1. The average molecular weight is 440 g/mol. The summed E-state index contributed by atoms with van der Waals surface area (Å²) in [5, 5.41) is 7.12. The van der Waals surface area contributed by atoms with Crippen LogP contribution < -0.4 is 0 Å². The van der Waals surface area contributed by atoms with Crippen molar-refractivity contribution in [3.63, 3.8) is 0 Å². The number of hydrogen-bond donors (Lipinski definition) is 1. The van der Waals surface area contributed by atoms with Crippen molar-refractivity contribution in [3.8, 4) is 0 Å². The molecule has 30 heavy (non-hydrogen) atoms. The van der Waals surface area contributed by atoms with Gasteiger partial charge in [-0.1, -0.05) is 0 Å². The van der Waals surface area contributed by atoms with E-state index in [-0.39, 0.29) is 24.7 Å². The molecule has 1 saturated carbocycles. The summed E-state index contributed by atoms with van der Waals surface area (Å²) < 4.78 is 49.1. The number of rotatable bonds is 5. The number of amides is 1. The quantitative estimate of drug-likeness (QED) is 0.691. The van der Waals surface area contributed by atoms with Gasteiger partial charge >= 0.3 is 12.1 Å². The van der Waals surface area contributed by atoms with Crippen LogP contribution in [-0.2, 0) is 23.8 Å². The van der Waals surface area contributed by atoms with Crippen molar-refractivity contribution in [2.45, 2.75) is 50.1 Å². The fourth-order valence-electron chi connectivity index (χ4n) is 3.96. The molecule has 0 unspecified atom stereocenters. The fourth-order valence-corrected chi connectivity index (χ4v) is 3.96. The molecule has 3 fully saturated rings. The molecule has 1 N–H and O–H groups in total. The topological polar surface area (TPSA) is 88.5 Å². The number of nitrogens with zero attached hydrogens (tertiary/aromatic N) is 2. The highest BCUT2D eigenvalue weighted by molar-refractivity contribution is 5.76. The van der Waals surface area contributed by atoms with Crippen molar-refractivity contribution >= 4 is 11.9 Å². The largest absolute Gasteiger partial charge is 0.490 e. The van der Waals surface area contributed by atoms with E-state index in [0.717, 1.165) is 51.7 Å². The van der Waals surface area contributed by atoms with Crippen LogP contribution in [0.2, 0.25) is 0 Å². The first-order valence-electron chi connectivity index (χ1n) is 10.1. The molecule has 3 rings (SSSR count). The smallest absolute Gasteiger partial charge is 0.475 e. The highest BCUT2D eigenvalue weighted by Gasteiger charge is 2.44. The molecule has 3 atom stereocenters. The molecule has 2 aliphatic heterocycles. The van der Waals surface area contributed by atoms with Gasteiger partial charge < -0.3 is 24.2 Å². The van der Waals surface area contributed by atoms with Gasteiger partial charge in [0.05, 0.1) is 18.8 Å². The van der Waals surface area contributed by atoms with Gasteiger partial charge in [0.15, 0.2) is 0 Å². The summed E-state index contributed by atoms with van der Waals surface area (Å²) in [7, 11) is 3.52. The summed E-state index contributed by atoms with van der Waals surface area (Å²) in [6, 6.07) is 0.450. The number of hydrogen-bond acceptors (Lipinski definition) is 6. The van der Waals surface area contributed by atoms with Crippen LogP contribution in [-0.4, -0.2) is 105 Å². The first-order valence-corrected chi connectivity index (χ1v) is 10.1. The van der Waals surface area contributed by atoms with Crippen LogP contribution in [0.15, 0.2) is 0 Å². The summed E-state index contributed by atoms with van der Waals surface area (Å²) in [6.07, 6.45) is -0.465. The molecule has 2 saturated heterocycles. The maximum atomic E-state index is 11.7. The summed E-state index contributed by atoms with van der Waals surface area (Å²) in [4.78, 5) is 24.8. The van der Waals surface area contributed by atoms with Crippen LogP contribution >= 0.6 is 0 Å². The number of likely N-dealkylation sites (N-methyl/N-ethyl adjacent to an activating group) is 1. The summed E-state index contributed by atoms with van der Waals surface area (Å²) in [5.74, 6) is -1.99. The Labute approximate surface area is 174 Å². The zero-order valence-electron chi connectivity index (χ0n) is 17.4. The van der Waals surface area contributed by atoms with E-state index in [4.69, 9.17) is 24.1 Å². The number of morpholine rings is 1. The van der Waals surface area contributed by atoms with Gasteiger partial charge in [0.1, 0.15) is 6.61 Å². The number of carboxylic acids is 1. The first-order chi connectivity index (χ1) is 14.1. The van der Waals surface area contributed by atoms with Gasteiger partial charge in [0.25, 0.3) is 0 Å². The van der Waals surface area contributed by atoms with Crippen LogP contribution in [0.4, 0.5) is 13.2 Å². The van der Waals surface area contributed by atoms with Crippen molar-refractivity contribution in [2.75, 3.05) is 53.6 Å². The Morgan fingerprint density at radius 3 is 2.33 bits per heavy atom. The van der Waals surface area contributed by atoms with Crippen LogP contribution in [0.1, 0.15) is 25.7 Å². The Morgan fingerprint density at radius 1 is 1.13 bits per heavy atom. The number of ether oxygens (including phenoxy) is 3. The van der Waals surface area contributed by atoms with E-state index in [1.807, 2.05) is 0 Å². The minimum absolute atomic E-state index is 0.0170. The monoisotopic (exact) mass is 440 g/mol. The average Bonchev–Trinajstić information content (AvgIpc) is 3.11. The molecule has 2 heterocycles. The third-order valence-corrected chi connectivity index (χ3v) is 5.65. The molecule has 0 aromatic rings. The highest BCUT2D eigenvalue weighted by atomic mass is 19.4. The van der Waals surface area contributed by atoms with Gasteiger partial charge in [-0.05, 0) is 31.6 Å². The molecule has 0 aromatic heterocycles. The van der Waals surface area contributed by atoms with E-state index in [9.17, 15) is 18.0 Å². The molecular weight excluding hydrogens is 409 g/mol. The van der Waals surface area contributed by atoms with Gasteiger partial charge in [-0.3, -0.25) is 9.69 Å². The second-order valence-electron chi connectivity index (χ2n) is 7.97. The standard InChI is InChI=1S/C17H30N2O4.C2HF3O2/c1-18(2)16(20)12-23-15-4-3-14-17(15)22-10-7-19(14)11-13-5-8-21-9-6-13;3-2(4,5)1(6)7/h13-15,17H,3-12H2,1-2H3;(H,6,7)/t14-,15+,17+;/m0./s1. The third kappa shape index (κ3) is 7.36. The van der Waals surface area contributed by atoms with E-state index in [1.165, 1.54) is 12.8 Å². The minimum atomic E-state index is -5.08. The van der Waals surface area contributed by atoms with Gasteiger partial charge in [0, 0.05) is 46.4 Å². The predicted molar refractivity (Wildman–Crippen MR) is 100 cm³/mol. The lowest BCUT2D eigenvalue weighted by Gasteiger charge is -2.41. The second kappa shape index (κ2) is 11.3. The van der Waals surface area contributed by atoms with Crippen LogP contribution in [0.25, 0.3) is 0 Å². The molecule has 0 spiro atoms. The number of halogens is 3. The highest BCUT2D eigenvalue weighted by Crippen LogP contribution is 2.33. The van der Waals surface area contributed by atoms with Crippen LogP contribution in [0.3, 0.4) is 0 Å². The maximum absolute atomic E-state index is 11.7. The first kappa shape index (κ1) is 24.8. The maximum Gasteiger partial charge on any atom is 0.490 e. The normalized spacial score (nSPS) is 27.7. The third-order valence-electron chi connectivity index (χ3n) is 5.65. The lowest BCUT2D eigenvalue weighted by Crippen LogP contribution is -2.53. The van der Waals surface area contributed by atoms with Gasteiger partial charge in [-0.15, -0.1) is 0 Å². The Morgan fingerprint density at radius 2 is 1.77 bits per heavy atom. The molecule has 11 heteroatoms. The van der Waals surface area contributed by atoms with Crippen molar-refractivity contribution < 1.29 is 42.1 Å². The number of alkyl halides is 3. The Balaban J connectivity index is 0.000000396. The van der Waals surface area contributed by atoms with Gasteiger partial charge in [-0.2, -0.15) is 13.2 Å². The SMILES string of the molecule is CN(C)C(=O)CO[C@@H]1CC[C@H]2[C@H]1OCCN2CC1CCOCC1.O=C(O)C(F)(F)F. The van der Waals surface area contributed by atoms with Crippen molar-refractivity contribution in [1.82, 2.24) is 9.80 Å². The zero-order chi connectivity index (χ0) is 22.3. The van der Waals surface area contributed by atoms with Crippen LogP contribution in [0.5, 0.6) is 0 Å². The lowest BCUT2D eigenvalue weighted by molar-refractivity contribution is -0.192. The summed E-state index contributed by atoms with van der Waals surface area (Å²) >= 11 is 0. The van der Waals surface area contributed by atoms with Crippen LogP contribution in [0, 0.1) is 5.92 Å². The van der Waals surface area contributed by atoms with E-state index < -0.39 is 12.1 Å². The minimum Gasteiger partial charge on any atom is -0.475 e. The predicted octanol–water partition coefficient (Wildman–Crippen LogP) is 1.38. The Bertz CT molecular complexity index is 569. The Kier molecular flexibility index (Phi) is 9.32. The molecule has 0 radical (unpaired) electrons. The molecule has 174 valence electrons. The van der Waals surface area contributed by atoms with Crippen molar-refractivity contribution in [2.24, 2.45) is 5.92 Å². The molecular formula is C19H31F3N2O6. The number of aliphatic carboxylic acids is 1. The van der Waals surface area contributed by atoms with E-state index >= 15 is 0 Å². The number of carbonyl (C=O) groups excluding carboxylic acids is 1. The molecule has 0 aromatic carbocycles. The Hall–Kier alpha value is -1.43. The van der Waals surface area contributed by atoms with E-state index in [1.54, 1.807) is 19.0 Å². The zero-order valence-corrected chi connectivity index (χ0v) is 17.4. The summed E-state index contributed by atoms with van der Waals surface area (Å²) in [6.45, 7) is 4.90. The fraction of sp³-hybridized carbons (Fsp3) is 0.895. The lowest BCUT2D eigenvalue weighted by atomic mass is 9.98. The van der Waals surface area contributed by atoms with Gasteiger partial charge in [0.2, 0.25) is 5.91 Å². The van der Waals surface area contributed by atoms with E-state index in [0.29, 0.717) is 6.04 Å². The summed E-state index contributed by atoms with van der Waals surface area (Å²) in [5.41, 5.74) is 0. The molecule has 0 bridgehead atoms. The molecule has 3 aliphatic rings. The molecule has 1 aliphatic carbocycles. The molecule has 1 amide bonds.